The molecular formula is C13H10ClN3O2. The normalized spacial score (nSPS) is 10.8. The first-order chi connectivity index (χ1) is 9.13. The van der Waals surface area contributed by atoms with Crippen LogP contribution in [0.4, 0.5) is 5.82 Å². The van der Waals surface area contributed by atoms with Crippen LogP contribution < -0.4 is 5.32 Å². The van der Waals surface area contributed by atoms with Gasteiger partial charge in [0.2, 0.25) is 0 Å². The molecule has 0 saturated heterocycles. The van der Waals surface area contributed by atoms with Gasteiger partial charge in [0.15, 0.2) is 5.82 Å². The van der Waals surface area contributed by atoms with Gasteiger partial charge in [-0.05, 0) is 25.1 Å². The van der Waals surface area contributed by atoms with Crippen molar-refractivity contribution < 1.29 is 9.32 Å². The minimum atomic E-state index is -0.291. The van der Waals surface area contributed by atoms with Crippen LogP contribution in [0.2, 0.25) is 5.02 Å². The standard InChI is InChI=1S/C13H10ClN3O2/c1-7-5-12(17-19-7)16-13(18)11-6-8-9(14)3-2-4-10(8)15-11/h2-6,15H,1H3,(H,16,17,18). The highest BCUT2D eigenvalue weighted by molar-refractivity contribution is 6.35. The van der Waals surface area contributed by atoms with Crippen LogP contribution in [-0.2, 0) is 0 Å². The molecule has 19 heavy (non-hydrogen) atoms. The molecule has 0 aliphatic carbocycles. The number of benzene rings is 1. The molecule has 0 bridgehead atoms. The number of aryl methyl sites for hydroxylation is 1. The van der Waals surface area contributed by atoms with Crippen LogP contribution in [0.5, 0.6) is 0 Å². The van der Waals surface area contributed by atoms with Gasteiger partial charge in [-0.1, -0.05) is 22.8 Å². The summed E-state index contributed by atoms with van der Waals surface area (Å²) in [6.07, 6.45) is 0. The number of anilines is 1. The minimum absolute atomic E-state index is 0.291. The molecule has 6 heteroatoms. The first kappa shape index (κ1) is 11.8. The molecule has 2 aromatic heterocycles. The van der Waals surface area contributed by atoms with Crippen molar-refractivity contribution in [2.75, 3.05) is 5.32 Å². The summed E-state index contributed by atoms with van der Waals surface area (Å²) < 4.78 is 4.88. The molecule has 3 rings (SSSR count). The van der Waals surface area contributed by atoms with E-state index in [1.54, 1.807) is 25.1 Å². The zero-order valence-electron chi connectivity index (χ0n) is 10.0. The fourth-order valence-electron chi connectivity index (χ4n) is 1.85. The second-order valence-electron chi connectivity index (χ2n) is 4.16. The maximum Gasteiger partial charge on any atom is 0.273 e. The summed E-state index contributed by atoms with van der Waals surface area (Å²) in [6, 6.07) is 8.82. The number of aromatic nitrogens is 2. The zero-order valence-corrected chi connectivity index (χ0v) is 10.8. The van der Waals surface area contributed by atoms with Crippen molar-refractivity contribution in [2.24, 2.45) is 0 Å². The van der Waals surface area contributed by atoms with Crippen molar-refractivity contribution in [2.45, 2.75) is 6.92 Å². The molecular weight excluding hydrogens is 266 g/mol. The molecule has 2 heterocycles. The molecule has 5 nitrogen and oxygen atoms in total. The Morgan fingerprint density at radius 3 is 2.95 bits per heavy atom. The number of H-pyrrole nitrogens is 1. The third kappa shape index (κ3) is 2.20. The predicted molar refractivity (Wildman–Crippen MR) is 72.5 cm³/mol. The van der Waals surface area contributed by atoms with Gasteiger partial charge in [-0.15, -0.1) is 0 Å². The van der Waals surface area contributed by atoms with Crippen molar-refractivity contribution in [3.63, 3.8) is 0 Å². The van der Waals surface area contributed by atoms with E-state index in [1.807, 2.05) is 12.1 Å². The summed E-state index contributed by atoms with van der Waals surface area (Å²) in [6.45, 7) is 1.76. The Morgan fingerprint density at radius 1 is 1.42 bits per heavy atom. The number of rotatable bonds is 2. The van der Waals surface area contributed by atoms with E-state index < -0.39 is 0 Å². The number of hydrogen-bond acceptors (Lipinski definition) is 3. The van der Waals surface area contributed by atoms with Gasteiger partial charge in [0.05, 0.1) is 0 Å². The van der Waals surface area contributed by atoms with Crippen LogP contribution in [-0.4, -0.2) is 16.0 Å². The number of nitrogens with zero attached hydrogens (tertiary/aromatic N) is 1. The lowest BCUT2D eigenvalue weighted by molar-refractivity contribution is 0.102. The average molecular weight is 276 g/mol. The van der Waals surface area contributed by atoms with E-state index in [0.717, 1.165) is 10.9 Å². The summed E-state index contributed by atoms with van der Waals surface area (Å²) in [5, 5.41) is 7.76. The van der Waals surface area contributed by atoms with Crippen LogP contribution >= 0.6 is 11.6 Å². The second kappa shape index (κ2) is 4.44. The molecule has 0 atom stereocenters. The summed E-state index contributed by atoms with van der Waals surface area (Å²) in [5.41, 5.74) is 1.23. The average Bonchev–Trinajstić information content (AvgIpc) is 2.96. The Labute approximate surface area is 113 Å². The summed E-state index contributed by atoms with van der Waals surface area (Å²) in [7, 11) is 0. The number of aromatic amines is 1. The third-order valence-electron chi connectivity index (χ3n) is 2.73. The summed E-state index contributed by atoms with van der Waals surface area (Å²) >= 11 is 6.06. The van der Waals surface area contributed by atoms with E-state index in [4.69, 9.17) is 16.1 Å². The third-order valence-corrected chi connectivity index (χ3v) is 3.05. The lowest BCUT2D eigenvalue weighted by atomic mass is 10.2. The van der Waals surface area contributed by atoms with E-state index >= 15 is 0 Å². The molecule has 0 saturated carbocycles. The van der Waals surface area contributed by atoms with E-state index in [2.05, 4.69) is 15.5 Å². The number of nitrogens with one attached hydrogen (secondary N) is 2. The lowest BCUT2D eigenvalue weighted by Gasteiger charge is -1.97. The molecule has 0 radical (unpaired) electrons. The number of carbonyl (C=O) groups is 1. The number of carbonyl (C=O) groups excluding carboxylic acids is 1. The first-order valence-corrected chi connectivity index (χ1v) is 6.03. The molecule has 0 fully saturated rings. The van der Waals surface area contributed by atoms with E-state index in [1.165, 1.54) is 0 Å². The molecule has 1 amide bonds. The molecule has 0 unspecified atom stereocenters. The summed E-state index contributed by atoms with van der Waals surface area (Å²) in [4.78, 5) is 15.0. The van der Waals surface area contributed by atoms with Gasteiger partial charge in [0, 0.05) is 22.0 Å². The van der Waals surface area contributed by atoms with Gasteiger partial charge in [0.1, 0.15) is 11.5 Å². The molecule has 1 aromatic carbocycles. The Hall–Kier alpha value is -2.27. The van der Waals surface area contributed by atoms with E-state index in [9.17, 15) is 4.79 Å². The highest BCUT2D eigenvalue weighted by Gasteiger charge is 2.12. The van der Waals surface area contributed by atoms with Crippen molar-refractivity contribution >= 4 is 34.2 Å². The Balaban J connectivity index is 1.91. The fourth-order valence-corrected chi connectivity index (χ4v) is 2.08. The van der Waals surface area contributed by atoms with Crippen molar-refractivity contribution in [1.82, 2.24) is 10.1 Å². The van der Waals surface area contributed by atoms with Crippen LogP contribution in [0.15, 0.2) is 34.9 Å². The first-order valence-electron chi connectivity index (χ1n) is 5.65. The van der Waals surface area contributed by atoms with Crippen LogP contribution in [0, 0.1) is 6.92 Å². The van der Waals surface area contributed by atoms with Crippen LogP contribution in [0.25, 0.3) is 10.9 Å². The smallest absolute Gasteiger partial charge is 0.273 e. The van der Waals surface area contributed by atoms with Crippen molar-refractivity contribution in [1.29, 1.82) is 0 Å². The van der Waals surface area contributed by atoms with Gasteiger partial charge >= 0.3 is 0 Å². The summed E-state index contributed by atoms with van der Waals surface area (Å²) in [5.74, 6) is 0.725. The second-order valence-corrected chi connectivity index (χ2v) is 4.57. The topological polar surface area (TPSA) is 70.9 Å². The van der Waals surface area contributed by atoms with E-state index in [-0.39, 0.29) is 5.91 Å². The molecule has 0 spiro atoms. The fraction of sp³-hybridized carbons (Fsp3) is 0.0769. The highest BCUT2D eigenvalue weighted by atomic mass is 35.5. The van der Waals surface area contributed by atoms with Gasteiger partial charge in [-0.3, -0.25) is 4.79 Å². The maximum atomic E-state index is 12.0. The lowest BCUT2D eigenvalue weighted by Crippen LogP contribution is -2.12. The highest BCUT2D eigenvalue weighted by Crippen LogP contribution is 2.24. The molecule has 0 aliphatic heterocycles. The number of hydrogen-bond donors (Lipinski definition) is 2. The molecule has 96 valence electrons. The van der Waals surface area contributed by atoms with Gasteiger partial charge in [0.25, 0.3) is 5.91 Å². The Bertz CT molecular complexity index is 760. The maximum absolute atomic E-state index is 12.0. The Kier molecular flexibility index (Phi) is 2.76. The molecule has 2 N–H and O–H groups in total. The molecule has 0 aliphatic rings. The van der Waals surface area contributed by atoms with Crippen molar-refractivity contribution in [3.8, 4) is 0 Å². The van der Waals surface area contributed by atoms with Gasteiger partial charge < -0.3 is 14.8 Å². The minimum Gasteiger partial charge on any atom is -0.360 e. The zero-order chi connectivity index (χ0) is 13.4. The van der Waals surface area contributed by atoms with Crippen LogP contribution in [0.3, 0.4) is 0 Å². The number of fused-ring (bicyclic) bond motifs is 1. The Morgan fingerprint density at radius 2 is 2.26 bits per heavy atom. The monoisotopic (exact) mass is 275 g/mol. The molecule has 3 aromatic rings. The SMILES string of the molecule is Cc1cc(NC(=O)c2cc3c(Cl)cccc3[nH]2)no1. The van der Waals surface area contributed by atoms with Gasteiger partial charge in [-0.25, -0.2) is 0 Å². The number of halogens is 1. The quantitative estimate of drug-likeness (QED) is 0.753. The van der Waals surface area contributed by atoms with Crippen LogP contribution in [0.1, 0.15) is 16.2 Å². The predicted octanol–water partition coefficient (Wildman–Crippen LogP) is 3.37. The number of amides is 1. The van der Waals surface area contributed by atoms with Crippen molar-refractivity contribution in [3.05, 3.63) is 46.8 Å². The largest absolute Gasteiger partial charge is 0.360 e. The van der Waals surface area contributed by atoms with E-state index in [0.29, 0.717) is 22.3 Å². The van der Waals surface area contributed by atoms with Gasteiger partial charge in [-0.2, -0.15) is 0 Å².